The van der Waals surface area contributed by atoms with Gasteiger partial charge in [0.15, 0.2) is 0 Å². The molecule has 6 heteroatoms. The summed E-state index contributed by atoms with van der Waals surface area (Å²) in [5.41, 5.74) is 0.378. The summed E-state index contributed by atoms with van der Waals surface area (Å²) >= 11 is 1.89. The van der Waals surface area contributed by atoms with Crippen molar-refractivity contribution in [2.45, 2.75) is 19.8 Å². The molecule has 1 aromatic heterocycles. The summed E-state index contributed by atoms with van der Waals surface area (Å²) in [5, 5.41) is 8.62. The van der Waals surface area contributed by atoms with Crippen LogP contribution < -0.4 is 0 Å². The zero-order valence-corrected chi connectivity index (χ0v) is 9.96. The Balaban J connectivity index is 3.28. The average Bonchev–Trinajstić information content (AvgIpc) is 2.12. The number of nitrogens with zero attached hydrogens (tertiary/aromatic N) is 1. The number of aromatic nitrogens is 1. The van der Waals surface area contributed by atoms with E-state index < -0.39 is 18.8 Å². The van der Waals surface area contributed by atoms with E-state index >= 15 is 0 Å². The molecule has 15 heavy (non-hydrogen) atoms. The lowest BCUT2D eigenvalue weighted by Gasteiger charge is -2.10. The molecule has 1 heterocycles. The summed E-state index contributed by atoms with van der Waals surface area (Å²) in [7, 11) is 0. The van der Waals surface area contributed by atoms with Gasteiger partial charge in [-0.25, -0.2) is 13.8 Å². The van der Waals surface area contributed by atoms with Crippen molar-refractivity contribution in [3.63, 3.8) is 0 Å². The number of halogens is 3. The Bertz CT molecular complexity index is 396. The van der Waals surface area contributed by atoms with Crippen LogP contribution in [0.5, 0.6) is 0 Å². The van der Waals surface area contributed by atoms with Gasteiger partial charge in [0.2, 0.25) is 0 Å². The number of hydrogen-bond acceptors (Lipinski definition) is 2. The Morgan fingerprint density at radius 1 is 1.67 bits per heavy atom. The maximum Gasteiger partial charge on any atom is 0.307 e. The molecule has 3 nitrogen and oxygen atoms in total. The second-order valence-corrected chi connectivity index (χ2v) is 4.00. The summed E-state index contributed by atoms with van der Waals surface area (Å²) < 4.78 is 25.7. The van der Waals surface area contributed by atoms with E-state index in [1.807, 2.05) is 22.6 Å². The molecule has 0 aliphatic carbocycles. The molecule has 0 unspecified atom stereocenters. The summed E-state index contributed by atoms with van der Waals surface area (Å²) in [6.07, 6.45) is -2.05. The molecule has 0 amide bonds. The second kappa shape index (κ2) is 4.82. The summed E-state index contributed by atoms with van der Waals surface area (Å²) in [6, 6.07) is 0. The topological polar surface area (TPSA) is 50.2 Å². The van der Waals surface area contributed by atoms with Crippen LogP contribution in [0.2, 0.25) is 0 Å². The normalized spacial score (nSPS) is 10.7. The van der Waals surface area contributed by atoms with E-state index in [1.165, 1.54) is 0 Å². The van der Waals surface area contributed by atoms with Crippen LogP contribution in [0.25, 0.3) is 0 Å². The molecule has 0 atom stereocenters. The van der Waals surface area contributed by atoms with Crippen LogP contribution in [-0.4, -0.2) is 16.1 Å². The van der Waals surface area contributed by atoms with Crippen molar-refractivity contribution in [2.75, 3.05) is 0 Å². The highest BCUT2D eigenvalue weighted by Crippen LogP contribution is 2.26. The maximum absolute atomic E-state index is 12.6. The average molecular weight is 327 g/mol. The van der Waals surface area contributed by atoms with Gasteiger partial charge in [-0.1, -0.05) is 0 Å². The predicted molar refractivity (Wildman–Crippen MR) is 58.0 cm³/mol. The molecular weight excluding hydrogens is 319 g/mol. The molecule has 0 fully saturated rings. The summed E-state index contributed by atoms with van der Waals surface area (Å²) in [4.78, 5) is 14.3. The molecule has 0 aliphatic rings. The molecule has 0 aromatic carbocycles. The molecule has 1 N–H and O–H groups in total. The van der Waals surface area contributed by atoms with E-state index in [-0.39, 0.29) is 11.1 Å². The van der Waals surface area contributed by atoms with Crippen LogP contribution in [0.15, 0.2) is 6.20 Å². The van der Waals surface area contributed by atoms with Crippen LogP contribution in [0.4, 0.5) is 8.78 Å². The van der Waals surface area contributed by atoms with Crippen molar-refractivity contribution in [1.29, 1.82) is 0 Å². The molecule has 1 aromatic rings. The maximum atomic E-state index is 12.6. The highest BCUT2D eigenvalue weighted by molar-refractivity contribution is 14.1. The lowest BCUT2D eigenvalue weighted by Crippen LogP contribution is -2.08. The first-order chi connectivity index (χ1) is 6.93. The van der Waals surface area contributed by atoms with Gasteiger partial charge >= 0.3 is 5.97 Å². The van der Waals surface area contributed by atoms with E-state index in [9.17, 15) is 13.6 Å². The van der Waals surface area contributed by atoms with Gasteiger partial charge in [-0.05, 0) is 40.6 Å². The second-order valence-electron chi connectivity index (χ2n) is 2.98. The molecule has 82 valence electrons. The van der Waals surface area contributed by atoms with Crippen LogP contribution in [0.3, 0.4) is 0 Å². The molecule has 0 aliphatic heterocycles. The minimum Gasteiger partial charge on any atom is -0.481 e. The molecule has 0 saturated carbocycles. The number of carboxylic acids is 1. The van der Waals surface area contributed by atoms with Crippen LogP contribution >= 0.6 is 22.6 Å². The van der Waals surface area contributed by atoms with Crippen LogP contribution in [0.1, 0.15) is 23.1 Å². The molecule has 0 spiro atoms. The Morgan fingerprint density at radius 2 is 2.27 bits per heavy atom. The lowest BCUT2D eigenvalue weighted by atomic mass is 10.0. The monoisotopic (exact) mass is 327 g/mol. The number of rotatable bonds is 3. The number of alkyl halides is 2. The third-order valence-electron chi connectivity index (χ3n) is 1.99. The molecule has 1 rings (SSSR count). The summed E-state index contributed by atoms with van der Waals surface area (Å²) in [6.45, 7) is 1.60. The fourth-order valence-corrected chi connectivity index (χ4v) is 1.68. The summed E-state index contributed by atoms with van der Waals surface area (Å²) in [5.74, 6) is -1.12. The van der Waals surface area contributed by atoms with Gasteiger partial charge in [-0.3, -0.25) is 4.79 Å². The van der Waals surface area contributed by atoms with E-state index in [2.05, 4.69) is 4.98 Å². The standard InChI is InChI=1S/C9H8F2INO2/c1-4-5(2-7(14)15)6(8(10)11)3-13-9(4)12/h3,8H,2H2,1H3,(H,14,15). The lowest BCUT2D eigenvalue weighted by molar-refractivity contribution is -0.136. The van der Waals surface area contributed by atoms with Crippen molar-refractivity contribution < 1.29 is 18.7 Å². The minimum atomic E-state index is -2.69. The quantitative estimate of drug-likeness (QED) is 0.686. The predicted octanol–water partition coefficient (Wildman–Crippen LogP) is 2.56. The number of hydrogen-bond donors (Lipinski definition) is 1. The first-order valence-electron chi connectivity index (χ1n) is 4.07. The third-order valence-corrected chi connectivity index (χ3v) is 3.08. The molecular formula is C9H8F2INO2. The largest absolute Gasteiger partial charge is 0.481 e. The fraction of sp³-hybridized carbons (Fsp3) is 0.333. The van der Waals surface area contributed by atoms with E-state index in [4.69, 9.17) is 5.11 Å². The fourth-order valence-electron chi connectivity index (χ4n) is 1.22. The van der Waals surface area contributed by atoms with Gasteiger partial charge in [0.25, 0.3) is 6.43 Å². The van der Waals surface area contributed by atoms with E-state index in [0.29, 0.717) is 9.26 Å². The molecule has 0 bridgehead atoms. The van der Waals surface area contributed by atoms with Crippen molar-refractivity contribution in [3.05, 3.63) is 26.6 Å². The third kappa shape index (κ3) is 2.83. The first kappa shape index (κ1) is 12.3. The van der Waals surface area contributed by atoms with Gasteiger partial charge in [0.05, 0.1) is 6.42 Å². The number of carbonyl (C=O) groups is 1. The minimum absolute atomic E-state index is 0.164. The van der Waals surface area contributed by atoms with Crippen molar-refractivity contribution in [3.8, 4) is 0 Å². The van der Waals surface area contributed by atoms with E-state index in [1.54, 1.807) is 6.92 Å². The smallest absolute Gasteiger partial charge is 0.307 e. The van der Waals surface area contributed by atoms with Gasteiger partial charge < -0.3 is 5.11 Å². The van der Waals surface area contributed by atoms with Gasteiger partial charge in [-0.2, -0.15) is 0 Å². The zero-order valence-electron chi connectivity index (χ0n) is 7.80. The number of aliphatic carboxylic acids is 1. The SMILES string of the molecule is Cc1c(I)ncc(C(F)F)c1CC(=O)O. The van der Waals surface area contributed by atoms with Crippen molar-refractivity contribution in [2.24, 2.45) is 0 Å². The van der Waals surface area contributed by atoms with Crippen LogP contribution in [-0.2, 0) is 11.2 Å². The van der Waals surface area contributed by atoms with Gasteiger partial charge in [0, 0.05) is 11.8 Å². The highest BCUT2D eigenvalue weighted by Gasteiger charge is 2.19. The Hall–Kier alpha value is -0.790. The number of carboxylic acid groups (broad SMARTS) is 1. The van der Waals surface area contributed by atoms with Gasteiger partial charge in [0.1, 0.15) is 3.70 Å². The Labute approximate surface area is 98.7 Å². The van der Waals surface area contributed by atoms with Crippen molar-refractivity contribution >= 4 is 28.6 Å². The molecule has 0 saturated heterocycles. The van der Waals surface area contributed by atoms with Crippen molar-refractivity contribution in [1.82, 2.24) is 4.98 Å². The Kier molecular flexibility index (Phi) is 3.95. The van der Waals surface area contributed by atoms with E-state index in [0.717, 1.165) is 6.20 Å². The molecule has 0 radical (unpaired) electrons. The first-order valence-corrected chi connectivity index (χ1v) is 5.15. The number of pyridine rings is 1. The highest BCUT2D eigenvalue weighted by atomic mass is 127. The van der Waals surface area contributed by atoms with Crippen LogP contribution in [0, 0.1) is 10.6 Å². The zero-order chi connectivity index (χ0) is 11.6. The Morgan fingerprint density at radius 3 is 2.73 bits per heavy atom. The van der Waals surface area contributed by atoms with Gasteiger partial charge in [-0.15, -0.1) is 0 Å².